The lowest BCUT2D eigenvalue weighted by Gasteiger charge is -2.35. The molecule has 0 aromatic heterocycles. The molecule has 1 N–H and O–H groups in total. The van der Waals surface area contributed by atoms with Gasteiger partial charge in [-0.25, -0.2) is 0 Å². The van der Waals surface area contributed by atoms with Crippen molar-refractivity contribution in [2.75, 3.05) is 26.2 Å². The van der Waals surface area contributed by atoms with E-state index in [1.807, 2.05) is 17.0 Å². The minimum absolute atomic E-state index is 0.180. The van der Waals surface area contributed by atoms with Gasteiger partial charge in [0.2, 0.25) is 0 Å². The van der Waals surface area contributed by atoms with E-state index < -0.39 is 0 Å². The molecular weight excluding hydrogens is 326 g/mol. The van der Waals surface area contributed by atoms with Crippen LogP contribution in [0, 0.1) is 0 Å². The van der Waals surface area contributed by atoms with Gasteiger partial charge in [-0.1, -0.05) is 12.1 Å². The molecule has 0 aliphatic carbocycles. The van der Waals surface area contributed by atoms with Crippen LogP contribution in [0.25, 0.3) is 0 Å². The van der Waals surface area contributed by atoms with Gasteiger partial charge in [-0.05, 0) is 50.8 Å². The second-order valence-corrected chi connectivity index (χ2v) is 8.33. The first-order chi connectivity index (χ1) is 12.6. The number of nitrogens with zero attached hydrogens (tertiary/aromatic N) is 2. The van der Waals surface area contributed by atoms with Gasteiger partial charge in [-0.15, -0.1) is 0 Å². The minimum atomic E-state index is 0.180. The number of nitrogens with one attached hydrogen (secondary N) is 1. The summed E-state index contributed by atoms with van der Waals surface area (Å²) in [6.07, 6.45) is 4.11. The lowest BCUT2D eigenvalue weighted by atomic mass is 10.1. The molecule has 5 nitrogen and oxygen atoms in total. The van der Waals surface area contributed by atoms with Gasteiger partial charge in [0.15, 0.2) is 0 Å². The Labute approximate surface area is 156 Å². The molecule has 142 valence electrons. The smallest absolute Gasteiger partial charge is 0.253 e. The molecule has 4 atom stereocenters. The Morgan fingerprint density at radius 1 is 1.04 bits per heavy atom. The quantitative estimate of drug-likeness (QED) is 0.901. The zero-order valence-electron chi connectivity index (χ0n) is 16.0. The van der Waals surface area contributed by atoms with Crippen LogP contribution in [0.3, 0.4) is 0 Å². The molecule has 3 aliphatic heterocycles. The second kappa shape index (κ2) is 7.67. The number of rotatable bonds is 3. The molecule has 3 heterocycles. The van der Waals surface area contributed by atoms with Crippen molar-refractivity contribution in [3.05, 3.63) is 35.4 Å². The van der Waals surface area contributed by atoms with E-state index in [2.05, 4.69) is 36.2 Å². The van der Waals surface area contributed by atoms with Crippen molar-refractivity contribution < 1.29 is 9.53 Å². The fraction of sp³-hybridized carbons (Fsp3) is 0.667. The number of amides is 1. The summed E-state index contributed by atoms with van der Waals surface area (Å²) < 4.78 is 5.81. The summed E-state index contributed by atoms with van der Waals surface area (Å²) in [4.78, 5) is 17.4. The number of benzene rings is 1. The van der Waals surface area contributed by atoms with Crippen LogP contribution in [-0.2, 0) is 11.3 Å². The molecular formula is C21H31N3O2. The molecule has 4 unspecified atom stereocenters. The molecule has 0 radical (unpaired) electrons. The van der Waals surface area contributed by atoms with E-state index >= 15 is 0 Å². The molecule has 5 heteroatoms. The maximum atomic E-state index is 12.9. The molecule has 1 aromatic carbocycles. The monoisotopic (exact) mass is 357 g/mol. The van der Waals surface area contributed by atoms with Gasteiger partial charge in [0.05, 0.1) is 12.2 Å². The number of fused-ring (bicyclic) bond motifs is 2. The fourth-order valence-corrected chi connectivity index (χ4v) is 4.73. The lowest BCUT2D eigenvalue weighted by Crippen LogP contribution is -2.44. The summed E-state index contributed by atoms with van der Waals surface area (Å²) >= 11 is 0. The van der Waals surface area contributed by atoms with Gasteiger partial charge in [0.1, 0.15) is 0 Å². The zero-order chi connectivity index (χ0) is 18.1. The van der Waals surface area contributed by atoms with Gasteiger partial charge in [-0.2, -0.15) is 0 Å². The van der Waals surface area contributed by atoms with Crippen molar-refractivity contribution >= 4 is 5.91 Å². The molecule has 26 heavy (non-hydrogen) atoms. The molecule has 1 amide bonds. The third-order valence-electron chi connectivity index (χ3n) is 5.91. The number of ether oxygens (including phenoxy) is 1. The number of hydrogen-bond acceptors (Lipinski definition) is 4. The summed E-state index contributed by atoms with van der Waals surface area (Å²) in [6, 6.07) is 9.32. The van der Waals surface area contributed by atoms with Crippen molar-refractivity contribution in [3.8, 4) is 0 Å². The molecule has 2 bridgehead atoms. The van der Waals surface area contributed by atoms with Gasteiger partial charge in [0, 0.05) is 50.4 Å². The van der Waals surface area contributed by atoms with Crippen LogP contribution in [0.15, 0.2) is 24.3 Å². The first-order valence-corrected chi connectivity index (χ1v) is 10.1. The Balaban J connectivity index is 1.37. The molecule has 0 saturated carbocycles. The number of carbonyl (C=O) groups excluding carboxylic acids is 1. The Bertz CT molecular complexity index is 623. The van der Waals surface area contributed by atoms with Crippen molar-refractivity contribution in [3.63, 3.8) is 0 Å². The largest absolute Gasteiger partial charge is 0.373 e. The van der Waals surface area contributed by atoms with Gasteiger partial charge in [0.25, 0.3) is 5.91 Å². The van der Waals surface area contributed by atoms with E-state index in [4.69, 9.17) is 4.74 Å². The number of likely N-dealkylation sites (tertiary alicyclic amines) is 1. The third-order valence-corrected chi connectivity index (χ3v) is 5.91. The summed E-state index contributed by atoms with van der Waals surface area (Å²) in [5.41, 5.74) is 2.08. The number of hydrogen-bond donors (Lipinski definition) is 1. The molecule has 1 aromatic rings. The second-order valence-electron chi connectivity index (χ2n) is 8.33. The Morgan fingerprint density at radius 2 is 1.73 bits per heavy atom. The van der Waals surface area contributed by atoms with Crippen molar-refractivity contribution in [1.82, 2.24) is 15.1 Å². The maximum Gasteiger partial charge on any atom is 0.253 e. The van der Waals surface area contributed by atoms with Crippen LogP contribution in [-0.4, -0.2) is 66.2 Å². The lowest BCUT2D eigenvalue weighted by molar-refractivity contribution is -0.0704. The first kappa shape index (κ1) is 18.0. The predicted octanol–water partition coefficient (Wildman–Crippen LogP) is 2.26. The highest BCUT2D eigenvalue weighted by Gasteiger charge is 2.31. The third kappa shape index (κ3) is 4.11. The van der Waals surface area contributed by atoms with E-state index in [1.54, 1.807) is 0 Å². The van der Waals surface area contributed by atoms with Crippen LogP contribution >= 0.6 is 0 Å². The Hall–Kier alpha value is -1.43. The average Bonchev–Trinajstić information content (AvgIpc) is 2.93. The average molecular weight is 357 g/mol. The highest BCUT2D eigenvalue weighted by Crippen LogP contribution is 2.22. The van der Waals surface area contributed by atoms with E-state index in [0.29, 0.717) is 12.1 Å². The molecule has 4 rings (SSSR count). The fourth-order valence-electron chi connectivity index (χ4n) is 4.73. The van der Waals surface area contributed by atoms with Crippen molar-refractivity contribution in [2.45, 2.75) is 63.9 Å². The topological polar surface area (TPSA) is 44.8 Å². The Morgan fingerprint density at radius 3 is 2.46 bits per heavy atom. The van der Waals surface area contributed by atoms with Crippen molar-refractivity contribution in [2.24, 2.45) is 0 Å². The molecule has 3 fully saturated rings. The van der Waals surface area contributed by atoms with E-state index in [1.165, 1.54) is 18.4 Å². The van der Waals surface area contributed by atoms with E-state index in [0.717, 1.165) is 44.7 Å². The summed E-state index contributed by atoms with van der Waals surface area (Å²) in [5, 5.41) is 3.64. The SMILES string of the molecule is CC1CN(Cc2ccc(C(=O)N3CCC4CCC(C3)N4)cc2)CC(C)O1. The van der Waals surface area contributed by atoms with Crippen LogP contribution < -0.4 is 5.32 Å². The Kier molecular flexibility index (Phi) is 5.30. The number of carbonyl (C=O) groups is 1. The highest BCUT2D eigenvalue weighted by atomic mass is 16.5. The summed E-state index contributed by atoms with van der Waals surface area (Å²) in [6.45, 7) is 8.84. The van der Waals surface area contributed by atoms with E-state index in [-0.39, 0.29) is 18.1 Å². The zero-order valence-corrected chi connectivity index (χ0v) is 16.0. The minimum Gasteiger partial charge on any atom is -0.373 e. The number of morpholine rings is 1. The van der Waals surface area contributed by atoms with Crippen LogP contribution in [0.2, 0.25) is 0 Å². The molecule has 3 aliphatic rings. The molecule has 0 spiro atoms. The first-order valence-electron chi connectivity index (χ1n) is 10.1. The van der Waals surface area contributed by atoms with Gasteiger partial charge < -0.3 is 15.0 Å². The van der Waals surface area contributed by atoms with Gasteiger partial charge >= 0.3 is 0 Å². The summed E-state index contributed by atoms with van der Waals surface area (Å²) in [7, 11) is 0. The van der Waals surface area contributed by atoms with Crippen LogP contribution in [0.1, 0.15) is 49.0 Å². The van der Waals surface area contributed by atoms with Gasteiger partial charge in [-0.3, -0.25) is 9.69 Å². The summed E-state index contributed by atoms with van der Waals surface area (Å²) in [5.74, 6) is 0.180. The van der Waals surface area contributed by atoms with E-state index in [9.17, 15) is 4.79 Å². The maximum absolute atomic E-state index is 12.9. The van der Waals surface area contributed by atoms with Crippen LogP contribution in [0.5, 0.6) is 0 Å². The predicted molar refractivity (Wildman–Crippen MR) is 102 cm³/mol. The van der Waals surface area contributed by atoms with Crippen molar-refractivity contribution in [1.29, 1.82) is 0 Å². The standard InChI is InChI=1S/C21H31N3O2/c1-15-11-23(12-16(2)26-15)13-17-3-5-18(6-4-17)21(25)24-10-9-19-7-8-20(14-24)22-19/h3-6,15-16,19-20,22H,7-14H2,1-2H3. The molecule has 3 saturated heterocycles. The van der Waals surface area contributed by atoms with Crippen LogP contribution in [0.4, 0.5) is 0 Å². The normalized spacial score (nSPS) is 32.5. The highest BCUT2D eigenvalue weighted by molar-refractivity contribution is 5.94.